The number of esters is 1. The Kier molecular flexibility index (Phi) is 6.69. The first kappa shape index (κ1) is 17.2. The molecule has 0 saturated heterocycles. The van der Waals surface area contributed by atoms with Crippen molar-refractivity contribution < 1.29 is 14.6 Å². The van der Waals surface area contributed by atoms with E-state index in [1.165, 1.54) is 7.11 Å². The number of hydrogen-bond donors (Lipinski definition) is 1. The minimum atomic E-state index is -1.18. The van der Waals surface area contributed by atoms with Gasteiger partial charge >= 0.3 is 5.97 Å². The Balaban J connectivity index is 3.14. The normalized spacial score (nSPS) is 15.4. The number of unbranched alkanes of at least 4 members (excludes halogenated alkanes) is 1. The third-order valence-electron chi connectivity index (χ3n) is 3.79. The van der Waals surface area contributed by atoms with Crippen LogP contribution in [-0.4, -0.2) is 18.2 Å². The number of carbonyl (C=O) groups is 1. The van der Waals surface area contributed by atoms with Crippen LogP contribution in [0.25, 0.3) is 0 Å². The highest BCUT2D eigenvalue weighted by Crippen LogP contribution is 2.37. The molecule has 0 aromatic heterocycles. The van der Waals surface area contributed by atoms with Crippen molar-refractivity contribution >= 4 is 21.9 Å². The van der Waals surface area contributed by atoms with Crippen LogP contribution >= 0.6 is 15.9 Å². The van der Waals surface area contributed by atoms with Gasteiger partial charge in [0, 0.05) is 4.47 Å². The zero-order chi connectivity index (χ0) is 15.2. The molecule has 1 N–H and O–H groups in total. The second-order valence-corrected chi connectivity index (χ2v) is 5.92. The van der Waals surface area contributed by atoms with Crippen molar-refractivity contribution in [1.29, 1.82) is 0 Å². The molecule has 1 aromatic rings. The maximum absolute atomic E-state index is 12.1. The van der Waals surface area contributed by atoms with Crippen molar-refractivity contribution in [1.82, 2.24) is 0 Å². The van der Waals surface area contributed by atoms with Crippen molar-refractivity contribution in [2.75, 3.05) is 7.11 Å². The van der Waals surface area contributed by atoms with Crippen LogP contribution in [0.15, 0.2) is 28.7 Å². The van der Waals surface area contributed by atoms with Gasteiger partial charge in [-0.25, -0.2) is 0 Å². The number of methoxy groups -OCH3 is 1. The fourth-order valence-electron chi connectivity index (χ4n) is 2.49. The van der Waals surface area contributed by atoms with Crippen LogP contribution < -0.4 is 0 Å². The number of halogens is 1. The molecule has 1 aromatic carbocycles. The molecule has 1 rings (SSSR count). The Morgan fingerprint density at radius 1 is 1.35 bits per heavy atom. The molecule has 0 radical (unpaired) electrons. The Morgan fingerprint density at radius 2 is 1.95 bits per heavy atom. The van der Waals surface area contributed by atoms with Gasteiger partial charge in [-0.15, -0.1) is 0 Å². The predicted octanol–water partition coefficient (Wildman–Crippen LogP) is 4.03. The van der Waals surface area contributed by atoms with E-state index in [9.17, 15) is 9.90 Å². The maximum Gasteiger partial charge on any atom is 0.311 e. The Labute approximate surface area is 129 Å². The lowest BCUT2D eigenvalue weighted by molar-refractivity contribution is -0.158. The second-order valence-electron chi connectivity index (χ2n) is 5.00. The molecule has 0 saturated carbocycles. The van der Waals surface area contributed by atoms with E-state index in [0.717, 1.165) is 22.9 Å². The molecule has 2 atom stereocenters. The molecular weight excluding hydrogens is 320 g/mol. The molecule has 0 amide bonds. The molecule has 0 spiro atoms. The quantitative estimate of drug-likeness (QED) is 0.761. The topological polar surface area (TPSA) is 46.5 Å². The SMILES string of the molecule is CCCCC(C(=O)OC)C(O)(CC)c1ccc(Br)cc1. The van der Waals surface area contributed by atoms with E-state index in [4.69, 9.17) is 4.74 Å². The first-order valence-corrected chi connectivity index (χ1v) is 7.85. The molecule has 4 heteroatoms. The van der Waals surface area contributed by atoms with Gasteiger partial charge in [0.2, 0.25) is 0 Å². The summed E-state index contributed by atoms with van der Waals surface area (Å²) in [6, 6.07) is 7.47. The molecule has 0 aliphatic heterocycles. The standard InChI is InChI=1S/C16H23BrO3/c1-4-6-7-14(15(18)20-3)16(19,5-2)12-8-10-13(17)11-9-12/h8-11,14,19H,4-7H2,1-3H3. The number of hydrogen-bond acceptors (Lipinski definition) is 3. The lowest BCUT2D eigenvalue weighted by Crippen LogP contribution is -2.40. The van der Waals surface area contributed by atoms with Gasteiger partial charge in [0.1, 0.15) is 5.60 Å². The molecule has 0 bridgehead atoms. The summed E-state index contributed by atoms with van der Waals surface area (Å²) in [5.41, 5.74) is -0.419. The summed E-state index contributed by atoms with van der Waals surface area (Å²) in [4.78, 5) is 12.1. The summed E-state index contributed by atoms with van der Waals surface area (Å²) in [7, 11) is 1.37. The zero-order valence-corrected chi connectivity index (χ0v) is 13.9. The highest BCUT2D eigenvalue weighted by Gasteiger charge is 2.41. The largest absolute Gasteiger partial charge is 0.469 e. The van der Waals surface area contributed by atoms with Gasteiger partial charge in [-0.2, -0.15) is 0 Å². The van der Waals surface area contributed by atoms with Crippen molar-refractivity contribution in [3.63, 3.8) is 0 Å². The third kappa shape index (κ3) is 3.83. The predicted molar refractivity (Wildman–Crippen MR) is 83.4 cm³/mol. The summed E-state index contributed by atoms with van der Waals surface area (Å²) in [6.07, 6.45) is 2.97. The Morgan fingerprint density at radius 3 is 2.40 bits per heavy atom. The van der Waals surface area contributed by atoms with Crippen LogP contribution in [0, 0.1) is 5.92 Å². The Hall–Kier alpha value is -0.870. The monoisotopic (exact) mass is 342 g/mol. The van der Waals surface area contributed by atoms with Gasteiger partial charge in [0.05, 0.1) is 13.0 Å². The van der Waals surface area contributed by atoms with Gasteiger partial charge in [0.15, 0.2) is 0 Å². The summed E-state index contributed by atoms with van der Waals surface area (Å²) >= 11 is 3.38. The number of aliphatic hydroxyl groups is 1. The van der Waals surface area contributed by atoms with Crippen LogP contribution in [0.2, 0.25) is 0 Å². The number of rotatable bonds is 7. The van der Waals surface area contributed by atoms with Gasteiger partial charge in [-0.1, -0.05) is 54.8 Å². The fraction of sp³-hybridized carbons (Fsp3) is 0.562. The summed E-state index contributed by atoms with van der Waals surface area (Å²) < 4.78 is 5.84. The third-order valence-corrected chi connectivity index (χ3v) is 4.32. The van der Waals surface area contributed by atoms with E-state index in [1.54, 1.807) is 0 Å². The van der Waals surface area contributed by atoms with E-state index in [2.05, 4.69) is 22.9 Å². The number of carbonyl (C=O) groups excluding carboxylic acids is 1. The molecule has 2 unspecified atom stereocenters. The molecule has 20 heavy (non-hydrogen) atoms. The van der Waals surface area contributed by atoms with Crippen LogP contribution in [0.1, 0.15) is 45.1 Å². The molecule has 0 fully saturated rings. The summed E-state index contributed by atoms with van der Waals surface area (Å²) in [5, 5.41) is 11.1. The first-order chi connectivity index (χ1) is 9.49. The zero-order valence-electron chi connectivity index (χ0n) is 12.4. The van der Waals surface area contributed by atoms with Crippen LogP contribution in [-0.2, 0) is 15.1 Å². The molecule has 0 heterocycles. The molecule has 0 aliphatic rings. The van der Waals surface area contributed by atoms with Crippen molar-refractivity contribution in [2.45, 2.75) is 45.1 Å². The summed E-state index contributed by atoms with van der Waals surface area (Å²) in [6.45, 7) is 3.96. The molecule has 3 nitrogen and oxygen atoms in total. The average Bonchev–Trinajstić information content (AvgIpc) is 2.47. The lowest BCUT2D eigenvalue weighted by Gasteiger charge is -2.34. The van der Waals surface area contributed by atoms with E-state index >= 15 is 0 Å². The molecule has 0 aliphatic carbocycles. The number of ether oxygens (including phenoxy) is 1. The van der Waals surface area contributed by atoms with Gasteiger partial charge in [-0.05, 0) is 30.5 Å². The van der Waals surface area contributed by atoms with Gasteiger partial charge in [-0.3, -0.25) is 4.79 Å². The van der Waals surface area contributed by atoms with Crippen LogP contribution in [0.3, 0.4) is 0 Å². The van der Waals surface area contributed by atoms with Crippen molar-refractivity contribution in [2.24, 2.45) is 5.92 Å². The number of benzene rings is 1. The van der Waals surface area contributed by atoms with Crippen LogP contribution in [0.4, 0.5) is 0 Å². The maximum atomic E-state index is 12.1. The average molecular weight is 343 g/mol. The van der Waals surface area contributed by atoms with E-state index in [0.29, 0.717) is 12.8 Å². The molecule has 112 valence electrons. The Bertz CT molecular complexity index is 430. The minimum absolute atomic E-state index is 0.342. The van der Waals surface area contributed by atoms with Gasteiger partial charge in [0.25, 0.3) is 0 Å². The smallest absolute Gasteiger partial charge is 0.311 e. The second kappa shape index (κ2) is 7.79. The highest BCUT2D eigenvalue weighted by atomic mass is 79.9. The summed E-state index contributed by atoms with van der Waals surface area (Å²) in [5.74, 6) is -0.871. The lowest BCUT2D eigenvalue weighted by atomic mass is 9.77. The van der Waals surface area contributed by atoms with Crippen molar-refractivity contribution in [3.05, 3.63) is 34.3 Å². The van der Waals surface area contributed by atoms with E-state index in [-0.39, 0.29) is 5.97 Å². The fourth-order valence-corrected chi connectivity index (χ4v) is 2.76. The van der Waals surface area contributed by atoms with Crippen molar-refractivity contribution in [3.8, 4) is 0 Å². The molecular formula is C16H23BrO3. The van der Waals surface area contributed by atoms with Gasteiger partial charge < -0.3 is 9.84 Å². The van der Waals surface area contributed by atoms with E-state index < -0.39 is 11.5 Å². The van der Waals surface area contributed by atoms with Crippen LogP contribution in [0.5, 0.6) is 0 Å². The van der Waals surface area contributed by atoms with E-state index in [1.807, 2.05) is 31.2 Å². The first-order valence-electron chi connectivity index (χ1n) is 7.05. The minimum Gasteiger partial charge on any atom is -0.469 e. The highest BCUT2D eigenvalue weighted by molar-refractivity contribution is 9.10.